The summed E-state index contributed by atoms with van der Waals surface area (Å²) in [7, 11) is 0. The Morgan fingerprint density at radius 3 is 1.78 bits per heavy atom. The number of anilines is 4. The Labute approximate surface area is 358 Å². The lowest BCUT2D eigenvalue weighted by molar-refractivity contribution is 0.881. The Hall–Kier alpha value is -7.16. The Morgan fingerprint density at radius 1 is 0.517 bits per heavy atom. The van der Waals surface area contributed by atoms with E-state index in [0.717, 1.165) is 72.4 Å². The van der Waals surface area contributed by atoms with Gasteiger partial charge in [-0.2, -0.15) is 0 Å². The Balaban J connectivity index is 1.18. The highest BCUT2D eigenvalue weighted by atomic mass is 15.1. The van der Waals surface area contributed by atoms with Gasteiger partial charge in [-0.15, -0.1) is 0 Å². The normalized spacial score (nSPS) is 15.7. The fourth-order valence-electron chi connectivity index (χ4n) is 7.87. The van der Waals surface area contributed by atoms with Gasteiger partial charge in [0.2, 0.25) is 0 Å². The molecule has 2 heteroatoms. The van der Waals surface area contributed by atoms with Gasteiger partial charge in [0.1, 0.15) is 0 Å². The van der Waals surface area contributed by atoms with Gasteiger partial charge < -0.3 is 9.80 Å². The van der Waals surface area contributed by atoms with Gasteiger partial charge in [0, 0.05) is 34.6 Å². The molecule has 0 unspecified atom stereocenters. The van der Waals surface area contributed by atoms with E-state index in [1.54, 1.807) is 6.08 Å². The number of hydrogen-bond acceptors (Lipinski definition) is 2. The van der Waals surface area contributed by atoms with E-state index in [2.05, 4.69) is 187 Å². The fraction of sp³-hybridized carbons (Fsp3) is 0.103. The van der Waals surface area contributed by atoms with Crippen LogP contribution in [0.15, 0.2) is 255 Å². The van der Waals surface area contributed by atoms with Crippen molar-refractivity contribution in [3.05, 3.63) is 272 Å². The standard InChI is InChI=1S/C58H54N2/c1-4-7-8-9-10-11-12-21-45-59(53-25-17-14-18-26-53)54-39-33-51(34-40-54)49-29-31-52(32-30-49)57-27-19-20-28-58(57)60(55-41-35-48(36-42-55)46(6-3)22-5-2)56-43-37-50(38-44-56)47-23-15-13-16-24-47/h4-12,14-15,17-18,20-26,28-29,31,33-45H,1-3,13,16,19,27,30,32H2/b8-7-,10-9+,12-11-,45-21+,46-22+. The first kappa shape index (κ1) is 41.0. The first-order valence-corrected chi connectivity index (χ1v) is 21.0. The van der Waals surface area contributed by atoms with Gasteiger partial charge in [-0.25, -0.2) is 0 Å². The van der Waals surface area contributed by atoms with Crippen LogP contribution < -0.4 is 9.80 Å². The third kappa shape index (κ3) is 10.3. The Bertz CT molecular complexity index is 2480. The van der Waals surface area contributed by atoms with Crippen molar-refractivity contribution in [2.75, 3.05) is 9.80 Å². The maximum Gasteiger partial charge on any atom is 0.0493 e. The average molecular weight is 779 g/mol. The third-order valence-corrected chi connectivity index (χ3v) is 10.9. The van der Waals surface area contributed by atoms with E-state index >= 15 is 0 Å². The van der Waals surface area contributed by atoms with E-state index in [0.29, 0.717) is 0 Å². The smallest absolute Gasteiger partial charge is 0.0493 e. The van der Waals surface area contributed by atoms with Crippen LogP contribution in [0.3, 0.4) is 0 Å². The molecular weight excluding hydrogens is 725 g/mol. The van der Waals surface area contributed by atoms with E-state index in [9.17, 15) is 0 Å². The summed E-state index contributed by atoms with van der Waals surface area (Å²) < 4.78 is 0. The molecule has 0 N–H and O–H groups in total. The molecule has 4 aromatic rings. The van der Waals surface area contributed by atoms with Crippen molar-refractivity contribution in [1.29, 1.82) is 0 Å². The number of allylic oxidation sites excluding steroid dienone is 23. The minimum Gasteiger partial charge on any atom is -0.317 e. The van der Waals surface area contributed by atoms with Crippen LogP contribution in [-0.2, 0) is 0 Å². The molecule has 0 aliphatic heterocycles. The molecule has 0 aromatic heterocycles. The highest BCUT2D eigenvalue weighted by molar-refractivity contribution is 5.81. The summed E-state index contributed by atoms with van der Waals surface area (Å²) in [6.45, 7) is 11.7. The second-order valence-corrected chi connectivity index (χ2v) is 14.8. The molecule has 296 valence electrons. The summed E-state index contributed by atoms with van der Waals surface area (Å²) in [5, 5.41) is 0. The van der Waals surface area contributed by atoms with Gasteiger partial charge in [0.25, 0.3) is 0 Å². The second kappa shape index (κ2) is 21.0. The van der Waals surface area contributed by atoms with Gasteiger partial charge in [-0.05, 0) is 144 Å². The van der Waals surface area contributed by atoms with Crippen LogP contribution in [0, 0.1) is 0 Å². The molecule has 7 rings (SSSR count). The number of nitrogens with zero attached hydrogens (tertiary/aromatic N) is 2. The zero-order valence-electron chi connectivity index (χ0n) is 34.5. The molecule has 0 heterocycles. The summed E-state index contributed by atoms with van der Waals surface area (Å²) >= 11 is 0. The average Bonchev–Trinajstić information content (AvgIpc) is 3.32. The molecule has 3 aliphatic rings. The molecule has 4 aromatic carbocycles. The molecule has 0 fully saturated rings. The Morgan fingerprint density at radius 2 is 1.13 bits per heavy atom. The molecule has 2 nitrogen and oxygen atoms in total. The van der Waals surface area contributed by atoms with Crippen LogP contribution >= 0.6 is 0 Å². The van der Waals surface area contributed by atoms with Crippen LogP contribution in [0.4, 0.5) is 22.7 Å². The van der Waals surface area contributed by atoms with Crippen molar-refractivity contribution >= 4 is 39.5 Å². The summed E-state index contributed by atoms with van der Waals surface area (Å²) in [4.78, 5) is 4.66. The molecule has 0 amide bonds. The van der Waals surface area contributed by atoms with Gasteiger partial charge in [0.05, 0.1) is 0 Å². The number of para-hydroxylation sites is 1. The van der Waals surface area contributed by atoms with Crippen molar-refractivity contribution in [3.63, 3.8) is 0 Å². The monoisotopic (exact) mass is 778 g/mol. The molecule has 0 saturated heterocycles. The zero-order chi connectivity index (χ0) is 41.4. The van der Waals surface area contributed by atoms with Crippen LogP contribution in [-0.4, -0.2) is 0 Å². The summed E-state index contributed by atoms with van der Waals surface area (Å²) in [5.74, 6) is 0. The summed E-state index contributed by atoms with van der Waals surface area (Å²) in [6.07, 6.45) is 46.1. The number of rotatable bonds is 16. The van der Waals surface area contributed by atoms with Crippen LogP contribution in [0.2, 0.25) is 0 Å². The van der Waals surface area contributed by atoms with E-state index in [1.165, 1.54) is 39.1 Å². The maximum absolute atomic E-state index is 4.04. The van der Waals surface area contributed by atoms with Gasteiger partial charge in [-0.3, -0.25) is 0 Å². The van der Waals surface area contributed by atoms with Crippen molar-refractivity contribution in [2.45, 2.75) is 38.5 Å². The lowest BCUT2D eigenvalue weighted by atomic mass is 9.85. The highest BCUT2D eigenvalue weighted by Crippen LogP contribution is 2.41. The largest absolute Gasteiger partial charge is 0.317 e. The van der Waals surface area contributed by atoms with Gasteiger partial charge >= 0.3 is 0 Å². The minimum atomic E-state index is 0.986. The van der Waals surface area contributed by atoms with Gasteiger partial charge in [-0.1, -0.05) is 172 Å². The third-order valence-electron chi connectivity index (χ3n) is 10.9. The summed E-state index contributed by atoms with van der Waals surface area (Å²) in [6, 6.07) is 37.4. The second-order valence-electron chi connectivity index (χ2n) is 14.8. The van der Waals surface area contributed by atoms with E-state index in [4.69, 9.17) is 0 Å². The molecule has 0 atom stereocenters. The predicted octanol–water partition coefficient (Wildman–Crippen LogP) is 16.2. The molecule has 0 radical (unpaired) electrons. The highest BCUT2D eigenvalue weighted by Gasteiger charge is 2.23. The SMILES string of the molecule is C=C\C=C/C=C/C=C\C=C\N(c1ccccc1)c1ccc(C2=CC=C(C3=C(N(c4ccc(C5=CCCC=C5)cc4)c4ccc(/C(C=C)=C/C=C)cc4)C=CCC3)CC2)cc1. The van der Waals surface area contributed by atoms with Crippen LogP contribution in [0.25, 0.3) is 16.7 Å². The molecule has 0 saturated carbocycles. The van der Waals surface area contributed by atoms with Crippen LogP contribution in [0.5, 0.6) is 0 Å². The van der Waals surface area contributed by atoms with E-state index in [1.807, 2.05) is 54.7 Å². The van der Waals surface area contributed by atoms with Crippen molar-refractivity contribution < 1.29 is 0 Å². The predicted molar refractivity (Wildman–Crippen MR) is 262 cm³/mol. The van der Waals surface area contributed by atoms with Crippen LogP contribution in [0.1, 0.15) is 55.2 Å². The molecule has 0 spiro atoms. The maximum atomic E-state index is 4.04. The number of hydrogen-bond donors (Lipinski definition) is 0. The molecule has 0 bridgehead atoms. The minimum absolute atomic E-state index is 0.986. The molecule has 60 heavy (non-hydrogen) atoms. The number of benzene rings is 4. The van der Waals surface area contributed by atoms with Gasteiger partial charge in [0.15, 0.2) is 0 Å². The van der Waals surface area contributed by atoms with Crippen molar-refractivity contribution in [3.8, 4) is 0 Å². The zero-order valence-corrected chi connectivity index (χ0v) is 34.5. The lowest BCUT2D eigenvalue weighted by Gasteiger charge is -2.32. The first-order valence-electron chi connectivity index (χ1n) is 21.0. The van der Waals surface area contributed by atoms with Crippen molar-refractivity contribution in [1.82, 2.24) is 0 Å². The molecular formula is C58H54N2. The van der Waals surface area contributed by atoms with Crippen molar-refractivity contribution in [2.24, 2.45) is 0 Å². The molecule has 3 aliphatic carbocycles. The lowest BCUT2D eigenvalue weighted by Crippen LogP contribution is -2.19. The summed E-state index contributed by atoms with van der Waals surface area (Å²) in [5.41, 5.74) is 15.9. The Kier molecular flexibility index (Phi) is 14.4. The topological polar surface area (TPSA) is 6.48 Å². The van der Waals surface area contributed by atoms with E-state index < -0.39 is 0 Å². The quantitative estimate of drug-likeness (QED) is 0.105. The fourth-order valence-corrected chi connectivity index (χ4v) is 7.87. The van der Waals surface area contributed by atoms with E-state index in [-0.39, 0.29) is 0 Å². The first-order chi connectivity index (χ1) is 29.7.